The van der Waals surface area contributed by atoms with Gasteiger partial charge in [0.15, 0.2) is 0 Å². The van der Waals surface area contributed by atoms with Crippen molar-refractivity contribution in [1.29, 1.82) is 0 Å². The van der Waals surface area contributed by atoms with E-state index in [0.29, 0.717) is 6.42 Å². The molecule has 0 aromatic heterocycles. The lowest BCUT2D eigenvalue weighted by atomic mass is 9.93. The van der Waals surface area contributed by atoms with E-state index in [2.05, 4.69) is 10.6 Å². The van der Waals surface area contributed by atoms with Crippen molar-refractivity contribution in [3.63, 3.8) is 0 Å². The lowest BCUT2D eigenvalue weighted by molar-refractivity contribution is 0.111. The molecule has 1 rings (SSSR count). The van der Waals surface area contributed by atoms with Crippen molar-refractivity contribution in [1.82, 2.24) is 10.3 Å². The Bertz CT molecular complexity index is 252. The average Bonchev–Trinajstić information content (AvgIpc) is 2.25. The standard InChI is InChI=1S/C9H16ClN3O3/c10-4-5-13(12-16)9(15)11-7-2-1-3-8(14)6-7/h7-8,14H,1-6H2,(H,11,15)/t7-,8+/m1/s1. The zero-order chi connectivity index (χ0) is 12.0. The largest absolute Gasteiger partial charge is 0.393 e. The molecule has 7 heteroatoms. The van der Waals surface area contributed by atoms with Gasteiger partial charge in [-0.3, -0.25) is 0 Å². The molecular formula is C9H16ClN3O3. The Hall–Kier alpha value is -0.880. The number of nitroso groups, excluding NO2 is 1. The van der Waals surface area contributed by atoms with E-state index in [9.17, 15) is 14.8 Å². The number of nitrogens with one attached hydrogen (secondary N) is 1. The summed E-state index contributed by atoms with van der Waals surface area (Å²) in [6.07, 6.45) is 2.61. The van der Waals surface area contributed by atoms with Gasteiger partial charge < -0.3 is 10.4 Å². The molecule has 1 aliphatic rings. The van der Waals surface area contributed by atoms with Crippen LogP contribution in [0.3, 0.4) is 0 Å². The molecule has 0 spiro atoms. The van der Waals surface area contributed by atoms with E-state index in [1.165, 1.54) is 0 Å². The number of aliphatic hydroxyl groups is 1. The summed E-state index contributed by atoms with van der Waals surface area (Å²) in [5.74, 6) is 0.159. The summed E-state index contributed by atoms with van der Waals surface area (Å²) >= 11 is 5.42. The van der Waals surface area contributed by atoms with Gasteiger partial charge >= 0.3 is 6.03 Å². The first kappa shape index (κ1) is 13.2. The topological polar surface area (TPSA) is 82.0 Å². The number of hydrogen-bond donors (Lipinski definition) is 2. The molecule has 2 N–H and O–H groups in total. The maximum Gasteiger partial charge on any atom is 0.340 e. The van der Waals surface area contributed by atoms with Gasteiger partial charge in [0.25, 0.3) is 0 Å². The van der Waals surface area contributed by atoms with Gasteiger partial charge in [0.05, 0.1) is 17.9 Å². The van der Waals surface area contributed by atoms with Crippen LogP contribution in [0.25, 0.3) is 0 Å². The number of rotatable bonds is 4. The van der Waals surface area contributed by atoms with Crippen molar-refractivity contribution < 1.29 is 9.90 Å². The van der Waals surface area contributed by atoms with Crippen molar-refractivity contribution in [2.45, 2.75) is 37.8 Å². The summed E-state index contributed by atoms with van der Waals surface area (Å²) in [5.41, 5.74) is 0. The maximum absolute atomic E-state index is 11.5. The van der Waals surface area contributed by atoms with Crippen molar-refractivity contribution in [3.05, 3.63) is 4.91 Å². The molecule has 16 heavy (non-hydrogen) atoms. The Morgan fingerprint density at radius 3 is 2.88 bits per heavy atom. The monoisotopic (exact) mass is 249 g/mol. The predicted molar refractivity (Wildman–Crippen MR) is 60.0 cm³/mol. The van der Waals surface area contributed by atoms with Gasteiger partial charge in [0.1, 0.15) is 0 Å². The highest BCUT2D eigenvalue weighted by molar-refractivity contribution is 6.18. The van der Waals surface area contributed by atoms with Crippen molar-refractivity contribution >= 4 is 17.6 Å². The Morgan fingerprint density at radius 2 is 2.31 bits per heavy atom. The lowest BCUT2D eigenvalue weighted by Gasteiger charge is -2.27. The molecule has 0 aliphatic heterocycles. The number of halogens is 1. The second-order valence-corrected chi connectivity index (χ2v) is 4.24. The van der Waals surface area contributed by atoms with Crippen LogP contribution in [0.2, 0.25) is 0 Å². The maximum atomic E-state index is 11.5. The Kier molecular flexibility index (Phi) is 5.48. The normalized spacial score (nSPS) is 24.9. The van der Waals surface area contributed by atoms with E-state index in [1.54, 1.807) is 0 Å². The fourth-order valence-corrected chi connectivity index (χ4v) is 1.96. The summed E-state index contributed by atoms with van der Waals surface area (Å²) in [6.45, 7) is 0.0894. The fourth-order valence-electron chi connectivity index (χ4n) is 1.80. The summed E-state index contributed by atoms with van der Waals surface area (Å²) in [5, 5.41) is 15.4. The van der Waals surface area contributed by atoms with E-state index in [-0.39, 0.29) is 24.6 Å². The molecule has 0 radical (unpaired) electrons. The molecule has 92 valence electrons. The summed E-state index contributed by atoms with van der Waals surface area (Å²) in [6, 6.07) is -0.634. The third kappa shape index (κ3) is 3.94. The van der Waals surface area contributed by atoms with Crippen LogP contribution >= 0.6 is 11.6 Å². The zero-order valence-corrected chi connectivity index (χ0v) is 9.69. The van der Waals surface area contributed by atoms with E-state index in [0.717, 1.165) is 24.3 Å². The summed E-state index contributed by atoms with van der Waals surface area (Å²) in [7, 11) is 0. The molecule has 1 aliphatic carbocycles. The van der Waals surface area contributed by atoms with Gasteiger partial charge in [-0.2, -0.15) is 5.01 Å². The second kappa shape index (κ2) is 6.65. The number of hydrogen-bond acceptors (Lipinski definition) is 4. The molecule has 1 fully saturated rings. The van der Waals surface area contributed by atoms with Crippen LogP contribution in [0.5, 0.6) is 0 Å². The molecule has 2 atom stereocenters. The average molecular weight is 250 g/mol. The first-order valence-electron chi connectivity index (χ1n) is 5.32. The lowest BCUT2D eigenvalue weighted by Crippen LogP contribution is -2.45. The third-order valence-corrected chi connectivity index (χ3v) is 2.77. The van der Waals surface area contributed by atoms with Crippen LogP contribution in [0.4, 0.5) is 4.79 Å². The Balaban J connectivity index is 2.39. The summed E-state index contributed by atoms with van der Waals surface area (Å²) in [4.78, 5) is 21.9. The quantitative estimate of drug-likeness (QED) is 0.447. The first-order valence-corrected chi connectivity index (χ1v) is 5.86. The molecule has 6 nitrogen and oxygen atoms in total. The van der Waals surface area contributed by atoms with Gasteiger partial charge in [-0.1, -0.05) is 0 Å². The van der Waals surface area contributed by atoms with E-state index < -0.39 is 6.03 Å². The Morgan fingerprint density at radius 1 is 1.56 bits per heavy atom. The minimum atomic E-state index is -0.547. The molecule has 0 bridgehead atoms. The van der Waals surface area contributed by atoms with Crippen LogP contribution < -0.4 is 5.32 Å². The fraction of sp³-hybridized carbons (Fsp3) is 0.889. The Labute approximate surface area is 98.9 Å². The number of nitrogens with zero attached hydrogens (tertiary/aromatic N) is 2. The summed E-state index contributed by atoms with van der Waals surface area (Å²) < 4.78 is 0. The SMILES string of the molecule is O=NN(CCCl)C(=O)N[C@@H]1CCC[C@H](O)C1. The van der Waals surface area contributed by atoms with E-state index in [4.69, 9.17) is 11.6 Å². The molecule has 0 heterocycles. The third-order valence-electron chi connectivity index (χ3n) is 2.60. The number of alkyl halides is 1. The van der Waals surface area contributed by atoms with Gasteiger partial charge in [0, 0.05) is 11.9 Å². The van der Waals surface area contributed by atoms with Gasteiger partial charge in [-0.25, -0.2) is 4.79 Å². The van der Waals surface area contributed by atoms with Crippen molar-refractivity contribution in [2.75, 3.05) is 12.4 Å². The van der Waals surface area contributed by atoms with Gasteiger partial charge in [0.2, 0.25) is 0 Å². The van der Waals surface area contributed by atoms with E-state index in [1.807, 2.05) is 0 Å². The van der Waals surface area contributed by atoms with Crippen LogP contribution in [-0.4, -0.2) is 40.7 Å². The minimum absolute atomic E-state index is 0.0872. The molecule has 0 saturated heterocycles. The van der Waals surface area contributed by atoms with Gasteiger partial charge in [-0.05, 0) is 25.7 Å². The van der Waals surface area contributed by atoms with Crippen LogP contribution in [0.1, 0.15) is 25.7 Å². The highest BCUT2D eigenvalue weighted by Crippen LogP contribution is 2.18. The number of amides is 2. The molecule has 0 aromatic carbocycles. The highest BCUT2D eigenvalue weighted by atomic mass is 35.5. The number of carbonyl (C=O) groups is 1. The highest BCUT2D eigenvalue weighted by Gasteiger charge is 2.23. The molecule has 0 unspecified atom stereocenters. The first-order chi connectivity index (χ1) is 7.67. The second-order valence-electron chi connectivity index (χ2n) is 3.86. The van der Waals surface area contributed by atoms with Crippen LogP contribution in [-0.2, 0) is 0 Å². The molecular weight excluding hydrogens is 234 g/mol. The molecule has 0 aromatic rings. The van der Waals surface area contributed by atoms with Crippen molar-refractivity contribution in [3.8, 4) is 0 Å². The molecule has 2 amide bonds. The predicted octanol–water partition coefficient (Wildman–Crippen LogP) is 1.22. The number of aliphatic hydroxyl groups excluding tert-OH is 1. The van der Waals surface area contributed by atoms with E-state index >= 15 is 0 Å². The van der Waals surface area contributed by atoms with Crippen molar-refractivity contribution in [2.24, 2.45) is 5.29 Å². The minimum Gasteiger partial charge on any atom is -0.393 e. The molecule has 1 saturated carbocycles. The van der Waals surface area contributed by atoms with Gasteiger partial charge in [-0.15, -0.1) is 16.5 Å². The zero-order valence-electron chi connectivity index (χ0n) is 8.93. The smallest absolute Gasteiger partial charge is 0.340 e. The van der Waals surface area contributed by atoms with Crippen LogP contribution in [0, 0.1) is 4.91 Å². The number of urea groups is 1. The number of carbonyl (C=O) groups excluding carboxylic acids is 1. The van der Waals surface area contributed by atoms with Crippen LogP contribution in [0.15, 0.2) is 5.29 Å².